The van der Waals surface area contributed by atoms with E-state index in [2.05, 4.69) is 4.98 Å². The zero-order valence-electron chi connectivity index (χ0n) is 14.6. The Morgan fingerprint density at radius 1 is 1.41 bits per heavy atom. The highest BCUT2D eigenvalue weighted by molar-refractivity contribution is 6.35. The van der Waals surface area contributed by atoms with Crippen molar-refractivity contribution >= 4 is 34.4 Å². The van der Waals surface area contributed by atoms with Gasteiger partial charge in [0.2, 0.25) is 0 Å². The fraction of sp³-hybridized carbons (Fsp3) is 0.421. The average Bonchev–Trinajstić information content (AvgIpc) is 3.09. The number of carboxylic acids is 1. The number of benzene rings is 1. The topological polar surface area (TPSA) is 89.0 Å². The summed E-state index contributed by atoms with van der Waals surface area (Å²) in [5.74, 6) is -0.828. The highest BCUT2D eigenvalue weighted by atomic mass is 35.5. The first kappa shape index (κ1) is 18.0. The fourth-order valence-corrected chi connectivity index (χ4v) is 4.16. The van der Waals surface area contributed by atoms with Crippen LogP contribution in [0.4, 0.5) is 0 Å². The van der Waals surface area contributed by atoms with Gasteiger partial charge in [-0.25, -0.2) is 0 Å². The molecule has 1 aromatic heterocycles. The van der Waals surface area contributed by atoms with Crippen LogP contribution < -0.4 is 4.74 Å². The lowest BCUT2D eigenvalue weighted by molar-refractivity contribution is -0.157. The van der Waals surface area contributed by atoms with E-state index in [1.807, 2.05) is 6.07 Å². The summed E-state index contributed by atoms with van der Waals surface area (Å²) >= 11 is 6.17. The van der Waals surface area contributed by atoms with E-state index < -0.39 is 11.4 Å². The number of amides is 1. The lowest BCUT2D eigenvalue weighted by Gasteiger charge is -2.33. The lowest BCUT2D eigenvalue weighted by Crippen LogP contribution is -2.45. The molecule has 1 amide bonds. The number of rotatable bonds is 4. The fourth-order valence-electron chi connectivity index (χ4n) is 3.95. The van der Waals surface area contributed by atoms with Gasteiger partial charge in [0.15, 0.2) is 6.61 Å². The summed E-state index contributed by atoms with van der Waals surface area (Å²) < 4.78 is 11.1. The molecule has 3 heterocycles. The highest BCUT2D eigenvalue weighted by Crippen LogP contribution is 2.42. The van der Waals surface area contributed by atoms with Gasteiger partial charge < -0.3 is 19.5 Å². The van der Waals surface area contributed by atoms with E-state index in [4.69, 9.17) is 21.1 Å². The van der Waals surface area contributed by atoms with E-state index in [0.29, 0.717) is 42.5 Å². The third-order valence-corrected chi connectivity index (χ3v) is 5.85. The molecule has 0 spiro atoms. The normalized spacial score (nSPS) is 24.6. The Kier molecular flexibility index (Phi) is 4.65. The quantitative estimate of drug-likeness (QED) is 0.861. The molecule has 0 saturated carbocycles. The van der Waals surface area contributed by atoms with Crippen LogP contribution in [0.2, 0.25) is 5.02 Å². The van der Waals surface area contributed by atoms with Crippen LogP contribution in [0.15, 0.2) is 30.5 Å². The van der Waals surface area contributed by atoms with Crippen molar-refractivity contribution < 1.29 is 24.2 Å². The first-order valence-corrected chi connectivity index (χ1v) is 9.14. The maximum Gasteiger partial charge on any atom is 0.311 e. The highest BCUT2D eigenvalue weighted by Gasteiger charge is 2.54. The number of hydrogen-bond acceptors (Lipinski definition) is 5. The Bertz CT molecular complexity index is 905. The van der Waals surface area contributed by atoms with Crippen molar-refractivity contribution in [2.24, 2.45) is 11.3 Å². The number of carbonyl (C=O) groups excluding carboxylic acids is 1. The molecule has 27 heavy (non-hydrogen) atoms. The van der Waals surface area contributed by atoms with Gasteiger partial charge in [-0.15, -0.1) is 0 Å². The predicted octanol–water partition coefficient (Wildman–Crippen LogP) is 2.22. The largest absolute Gasteiger partial charge is 0.481 e. The molecule has 0 unspecified atom stereocenters. The minimum Gasteiger partial charge on any atom is -0.481 e. The van der Waals surface area contributed by atoms with E-state index in [-0.39, 0.29) is 25.0 Å². The molecule has 1 aromatic carbocycles. The molecule has 4 rings (SSSR count). The van der Waals surface area contributed by atoms with E-state index in [0.717, 1.165) is 5.39 Å². The van der Waals surface area contributed by atoms with Crippen LogP contribution in [-0.4, -0.2) is 59.8 Å². The molecule has 0 aliphatic carbocycles. The summed E-state index contributed by atoms with van der Waals surface area (Å²) in [5, 5.41) is 11.0. The van der Waals surface area contributed by atoms with Crippen molar-refractivity contribution in [1.82, 2.24) is 9.88 Å². The zero-order valence-corrected chi connectivity index (χ0v) is 15.3. The molecule has 142 valence electrons. The number of fused-ring (bicyclic) bond motifs is 2. The first-order chi connectivity index (χ1) is 13.0. The van der Waals surface area contributed by atoms with Gasteiger partial charge in [-0.3, -0.25) is 14.6 Å². The molecular formula is C19H19ClN2O5. The van der Waals surface area contributed by atoms with Crippen LogP contribution in [0, 0.1) is 11.3 Å². The van der Waals surface area contributed by atoms with Crippen molar-refractivity contribution in [3.05, 3.63) is 35.5 Å². The maximum absolute atomic E-state index is 12.7. The number of halogens is 1. The van der Waals surface area contributed by atoms with Gasteiger partial charge in [-0.05, 0) is 30.7 Å². The predicted molar refractivity (Wildman–Crippen MR) is 97.8 cm³/mol. The van der Waals surface area contributed by atoms with Crippen molar-refractivity contribution in [2.45, 2.75) is 6.42 Å². The van der Waals surface area contributed by atoms with Gasteiger partial charge in [-0.1, -0.05) is 11.6 Å². The van der Waals surface area contributed by atoms with Crippen molar-refractivity contribution in [2.75, 3.05) is 32.9 Å². The van der Waals surface area contributed by atoms with Crippen LogP contribution >= 0.6 is 11.6 Å². The van der Waals surface area contributed by atoms with E-state index in [1.165, 1.54) is 0 Å². The van der Waals surface area contributed by atoms with Crippen LogP contribution in [-0.2, 0) is 14.3 Å². The Labute approximate surface area is 160 Å². The monoisotopic (exact) mass is 390 g/mol. The van der Waals surface area contributed by atoms with Gasteiger partial charge in [0.05, 0.1) is 17.0 Å². The molecule has 2 saturated heterocycles. The molecule has 2 atom stereocenters. The maximum atomic E-state index is 12.7. The van der Waals surface area contributed by atoms with Crippen LogP contribution in [0.25, 0.3) is 10.9 Å². The number of ether oxygens (including phenoxy) is 2. The van der Waals surface area contributed by atoms with Crippen LogP contribution in [0.3, 0.4) is 0 Å². The summed E-state index contributed by atoms with van der Waals surface area (Å²) in [4.78, 5) is 30.3. The molecule has 7 nitrogen and oxygen atoms in total. The number of aliphatic carboxylic acids is 1. The van der Waals surface area contributed by atoms with Crippen molar-refractivity contribution in [3.8, 4) is 5.75 Å². The minimum atomic E-state index is -0.914. The zero-order chi connectivity index (χ0) is 19.0. The minimum absolute atomic E-state index is 0.184. The van der Waals surface area contributed by atoms with Gasteiger partial charge >= 0.3 is 5.97 Å². The second-order valence-electron chi connectivity index (χ2n) is 6.99. The van der Waals surface area contributed by atoms with E-state index in [1.54, 1.807) is 29.3 Å². The van der Waals surface area contributed by atoms with E-state index in [9.17, 15) is 14.7 Å². The lowest BCUT2D eigenvalue weighted by atomic mass is 9.74. The Hall–Kier alpha value is -2.38. The number of hydrogen-bond donors (Lipinski definition) is 1. The third-order valence-electron chi connectivity index (χ3n) is 5.52. The van der Waals surface area contributed by atoms with Crippen molar-refractivity contribution in [3.63, 3.8) is 0 Å². The van der Waals surface area contributed by atoms with Gasteiger partial charge in [0.25, 0.3) is 5.91 Å². The smallest absolute Gasteiger partial charge is 0.311 e. The number of carboxylic acid groups (broad SMARTS) is 1. The molecule has 0 bridgehead atoms. The molecule has 1 N–H and O–H groups in total. The second kappa shape index (κ2) is 6.98. The van der Waals surface area contributed by atoms with E-state index >= 15 is 0 Å². The molecule has 2 aliphatic heterocycles. The summed E-state index contributed by atoms with van der Waals surface area (Å²) in [5.41, 5.74) is -0.328. The summed E-state index contributed by atoms with van der Waals surface area (Å²) in [6.45, 7) is 1.15. The molecule has 2 aliphatic rings. The summed E-state index contributed by atoms with van der Waals surface area (Å²) in [7, 11) is 0. The Morgan fingerprint density at radius 2 is 2.26 bits per heavy atom. The number of pyridine rings is 1. The molecular weight excluding hydrogens is 372 g/mol. The Morgan fingerprint density at radius 3 is 3.04 bits per heavy atom. The van der Waals surface area contributed by atoms with Crippen LogP contribution in [0.5, 0.6) is 5.75 Å². The molecule has 2 fully saturated rings. The number of aromatic nitrogens is 1. The molecule has 8 heteroatoms. The molecule has 2 aromatic rings. The van der Waals surface area contributed by atoms with Crippen molar-refractivity contribution in [1.29, 1.82) is 0 Å². The molecule has 0 radical (unpaired) electrons. The summed E-state index contributed by atoms with van der Waals surface area (Å²) in [6.07, 6.45) is 2.05. The summed E-state index contributed by atoms with van der Waals surface area (Å²) in [6, 6.07) is 7.00. The number of carbonyl (C=O) groups is 2. The van der Waals surface area contributed by atoms with Gasteiger partial charge in [-0.2, -0.15) is 0 Å². The van der Waals surface area contributed by atoms with Crippen LogP contribution in [0.1, 0.15) is 6.42 Å². The number of nitrogens with zero attached hydrogens (tertiary/aromatic N) is 2. The second-order valence-corrected chi connectivity index (χ2v) is 7.40. The number of likely N-dealkylation sites (tertiary alicyclic amines) is 1. The average molecular weight is 391 g/mol. The Balaban J connectivity index is 1.48. The van der Waals surface area contributed by atoms with Gasteiger partial charge in [0.1, 0.15) is 11.3 Å². The SMILES string of the molecule is O=C(COc1ccc(Cl)c2cccnc12)N1C[C@H]2COCC[C@@]2(C(=O)O)C1. The third kappa shape index (κ3) is 3.11. The van der Waals surface area contributed by atoms with Gasteiger partial charge in [0, 0.05) is 37.2 Å². The first-order valence-electron chi connectivity index (χ1n) is 8.76. The standard InChI is InChI=1S/C19H19ClN2O5/c20-14-3-4-15(17-13(14)2-1-6-21-17)27-10-16(23)22-8-12-9-26-7-5-19(12,11-22)18(24)25/h1-4,6,12H,5,7-11H2,(H,24,25)/t12-,19+/m0/s1.